The number of anilines is 1. The maximum absolute atomic E-state index is 13.1. The third-order valence-corrected chi connectivity index (χ3v) is 4.37. The molecular formula is C20H18ClFN2O. The van der Waals surface area contributed by atoms with Gasteiger partial charge in [0, 0.05) is 33.3 Å². The normalized spacial score (nSPS) is 10.7. The Morgan fingerprint density at radius 3 is 2.36 bits per heavy atom. The van der Waals surface area contributed by atoms with Crippen molar-refractivity contribution in [3.63, 3.8) is 0 Å². The van der Waals surface area contributed by atoms with Gasteiger partial charge >= 0.3 is 0 Å². The van der Waals surface area contributed by atoms with Crippen LogP contribution in [0.5, 0.6) is 0 Å². The predicted octanol–water partition coefficient (Wildman–Crippen LogP) is 5.18. The summed E-state index contributed by atoms with van der Waals surface area (Å²) in [4.78, 5) is 12.6. The van der Waals surface area contributed by atoms with E-state index in [2.05, 4.69) is 5.32 Å². The van der Waals surface area contributed by atoms with Crippen LogP contribution in [0.15, 0.2) is 54.6 Å². The summed E-state index contributed by atoms with van der Waals surface area (Å²) in [5, 5.41) is 3.76. The fourth-order valence-corrected chi connectivity index (χ4v) is 3.00. The van der Waals surface area contributed by atoms with Crippen LogP contribution in [-0.4, -0.2) is 16.9 Å². The summed E-state index contributed by atoms with van der Waals surface area (Å²) < 4.78 is 15.1. The van der Waals surface area contributed by atoms with E-state index in [9.17, 15) is 9.18 Å². The minimum Gasteiger partial charge on any atom is -0.378 e. The molecule has 25 heavy (non-hydrogen) atoms. The minimum absolute atomic E-state index is 0.00332. The van der Waals surface area contributed by atoms with Crippen LogP contribution in [0.2, 0.25) is 5.02 Å². The average Bonchev–Trinajstić information content (AvgIpc) is 2.90. The van der Waals surface area contributed by atoms with E-state index >= 15 is 0 Å². The van der Waals surface area contributed by atoms with E-state index in [1.165, 1.54) is 12.1 Å². The molecule has 0 fully saturated rings. The van der Waals surface area contributed by atoms with Crippen molar-refractivity contribution in [1.29, 1.82) is 0 Å². The van der Waals surface area contributed by atoms with Gasteiger partial charge in [0.05, 0.1) is 6.54 Å². The molecule has 0 aliphatic rings. The first kappa shape index (κ1) is 17.2. The van der Waals surface area contributed by atoms with Crippen LogP contribution in [-0.2, 0) is 0 Å². The molecule has 0 spiro atoms. The lowest BCUT2D eigenvalue weighted by Crippen LogP contribution is -2.14. The second-order valence-corrected chi connectivity index (χ2v) is 6.32. The molecular weight excluding hydrogens is 339 g/mol. The highest BCUT2D eigenvalue weighted by atomic mass is 35.5. The van der Waals surface area contributed by atoms with Gasteiger partial charge < -0.3 is 9.88 Å². The first-order chi connectivity index (χ1) is 12.0. The Bertz CT molecular complexity index is 899. The Morgan fingerprint density at radius 2 is 1.72 bits per heavy atom. The smallest absolute Gasteiger partial charge is 0.183 e. The second kappa shape index (κ2) is 7.11. The molecule has 5 heteroatoms. The highest BCUT2D eigenvalue weighted by Crippen LogP contribution is 2.22. The van der Waals surface area contributed by atoms with E-state index in [0.29, 0.717) is 10.6 Å². The highest BCUT2D eigenvalue weighted by Gasteiger charge is 2.16. The fourth-order valence-electron chi connectivity index (χ4n) is 2.88. The molecule has 0 bridgehead atoms. The van der Waals surface area contributed by atoms with Crippen molar-refractivity contribution in [2.45, 2.75) is 13.8 Å². The standard InChI is InChI=1S/C20H18ClFN2O/c1-13-11-19(14(2)24(13)18-9-5-16(22)6-10-18)20(25)12-23-17-7-3-15(21)4-8-17/h3-11,23H,12H2,1-2H3. The van der Waals surface area contributed by atoms with Gasteiger partial charge in [0.1, 0.15) is 5.82 Å². The molecule has 0 atom stereocenters. The van der Waals surface area contributed by atoms with Gasteiger partial charge in [0.25, 0.3) is 0 Å². The monoisotopic (exact) mass is 356 g/mol. The van der Waals surface area contributed by atoms with Crippen molar-refractivity contribution < 1.29 is 9.18 Å². The van der Waals surface area contributed by atoms with E-state index in [1.54, 1.807) is 24.3 Å². The minimum atomic E-state index is -0.283. The van der Waals surface area contributed by atoms with Gasteiger partial charge in [-0.2, -0.15) is 0 Å². The van der Waals surface area contributed by atoms with Crippen LogP contribution >= 0.6 is 11.6 Å². The van der Waals surface area contributed by atoms with Gasteiger partial charge in [-0.3, -0.25) is 4.79 Å². The van der Waals surface area contributed by atoms with Crippen LogP contribution in [0.25, 0.3) is 5.69 Å². The second-order valence-electron chi connectivity index (χ2n) is 5.88. The number of aryl methyl sites for hydroxylation is 1. The number of nitrogens with zero attached hydrogens (tertiary/aromatic N) is 1. The predicted molar refractivity (Wildman–Crippen MR) is 99.5 cm³/mol. The molecule has 128 valence electrons. The van der Waals surface area contributed by atoms with Gasteiger partial charge in [-0.1, -0.05) is 11.6 Å². The summed E-state index contributed by atoms with van der Waals surface area (Å²) in [7, 11) is 0. The van der Waals surface area contributed by atoms with Crippen LogP contribution in [0.1, 0.15) is 21.7 Å². The SMILES string of the molecule is Cc1cc(C(=O)CNc2ccc(Cl)cc2)c(C)n1-c1ccc(F)cc1. The average molecular weight is 357 g/mol. The molecule has 0 amide bonds. The molecule has 1 aromatic heterocycles. The third kappa shape index (κ3) is 3.74. The number of aromatic nitrogens is 1. The topological polar surface area (TPSA) is 34.0 Å². The number of nitrogens with one attached hydrogen (secondary N) is 1. The molecule has 0 aliphatic heterocycles. The number of carbonyl (C=O) groups excluding carboxylic acids is 1. The number of halogens is 2. The summed E-state index contributed by atoms with van der Waals surface area (Å²) in [5.41, 5.74) is 4.10. The number of hydrogen-bond acceptors (Lipinski definition) is 2. The van der Waals surface area contributed by atoms with E-state index < -0.39 is 0 Å². The van der Waals surface area contributed by atoms with Gasteiger partial charge in [-0.25, -0.2) is 4.39 Å². The first-order valence-electron chi connectivity index (χ1n) is 7.93. The van der Waals surface area contributed by atoms with Crippen LogP contribution < -0.4 is 5.32 Å². The Labute approximate surface area is 151 Å². The van der Waals surface area contributed by atoms with E-state index in [1.807, 2.05) is 36.6 Å². The lowest BCUT2D eigenvalue weighted by molar-refractivity contribution is 0.101. The third-order valence-electron chi connectivity index (χ3n) is 4.11. The molecule has 3 rings (SSSR count). The summed E-state index contributed by atoms with van der Waals surface area (Å²) >= 11 is 5.86. The van der Waals surface area contributed by atoms with Crippen molar-refractivity contribution in [3.05, 3.63) is 82.4 Å². The molecule has 0 saturated heterocycles. The van der Waals surface area contributed by atoms with Gasteiger partial charge in [-0.05, 0) is 68.4 Å². The van der Waals surface area contributed by atoms with Crippen LogP contribution in [0.4, 0.5) is 10.1 Å². The Balaban J connectivity index is 1.80. The molecule has 3 nitrogen and oxygen atoms in total. The van der Waals surface area contributed by atoms with Gasteiger partial charge in [-0.15, -0.1) is 0 Å². The maximum atomic E-state index is 13.1. The number of carbonyl (C=O) groups is 1. The summed E-state index contributed by atoms with van der Waals surface area (Å²) in [6.07, 6.45) is 0. The van der Waals surface area contributed by atoms with Crippen molar-refractivity contribution in [1.82, 2.24) is 4.57 Å². The molecule has 0 unspecified atom stereocenters. The number of hydrogen-bond donors (Lipinski definition) is 1. The molecule has 0 aliphatic carbocycles. The zero-order valence-electron chi connectivity index (χ0n) is 14.0. The molecule has 3 aromatic rings. The van der Waals surface area contributed by atoms with E-state index in [4.69, 9.17) is 11.6 Å². The summed E-state index contributed by atoms with van der Waals surface area (Å²) in [6, 6.07) is 15.3. The number of ketones is 1. The zero-order chi connectivity index (χ0) is 18.0. The lowest BCUT2D eigenvalue weighted by atomic mass is 10.1. The van der Waals surface area contributed by atoms with E-state index in [-0.39, 0.29) is 18.1 Å². The van der Waals surface area contributed by atoms with Crippen molar-refractivity contribution in [2.75, 3.05) is 11.9 Å². The first-order valence-corrected chi connectivity index (χ1v) is 8.31. The van der Waals surface area contributed by atoms with Gasteiger partial charge in [0.2, 0.25) is 0 Å². The van der Waals surface area contributed by atoms with Crippen molar-refractivity contribution >= 4 is 23.1 Å². The highest BCUT2D eigenvalue weighted by molar-refractivity contribution is 6.30. The summed E-state index contributed by atoms with van der Waals surface area (Å²) in [5.74, 6) is -0.286. The zero-order valence-corrected chi connectivity index (χ0v) is 14.8. The Kier molecular flexibility index (Phi) is 4.91. The molecule has 0 saturated carbocycles. The summed E-state index contributed by atoms with van der Waals surface area (Å²) in [6.45, 7) is 4.01. The van der Waals surface area contributed by atoms with Crippen molar-refractivity contribution in [2.24, 2.45) is 0 Å². The number of Topliss-reactive ketones (excluding diaryl/α,β-unsaturated/α-hetero) is 1. The maximum Gasteiger partial charge on any atom is 0.183 e. The molecule has 1 heterocycles. The Hall–Kier alpha value is -2.59. The number of rotatable bonds is 5. The largest absolute Gasteiger partial charge is 0.378 e. The van der Waals surface area contributed by atoms with Crippen LogP contribution in [0.3, 0.4) is 0 Å². The quantitative estimate of drug-likeness (QED) is 0.639. The fraction of sp³-hybridized carbons (Fsp3) is 0.150. The molecule has 2 aromatic carbocycles. The Morgan fingerprint density at radius 1 is 1.08 bits per heavy atom. The number of benzene rings is 2. The molecule has 1 N–H and O–H groups in total. The van der Waals surface area contributed by atoms with E-state index in [0.717, 1.165) is 22.8 Å². The van der Waals surface area contributed by atoms with Crippen LogP contribution in [0, 0.1) is 19.7 Å². The van der Waals surface area contributed by atoms with Gasteiger partial charge in [0.15, 0.2) is 5.78 Å². The lowest BCUT2D eigenvalue weighted by Gasteiger charge is -2.10. The molecule has 0 radical (unpaired) electrons. The van der Waals surface area contributed by atoms with Crippen molar-refractivity contribution in [3.8, 4) is 5.69 Å².